The first-order valence-corrected chi connectivity index (χ1v) is 6.70. The average Bonchev–Trinajstić information content (AvgIpc) is 2.75. The molecule has 3 rings (SSSR count). The summed E-state index contributed by atoms with van der Waals surface area (Å²) in [5, 5.41) is 13.8. The number of fused-ring (bicyclic) bond motifs is 1. The van der Waals surface area contributed by atoms with Gasteiger partial charge in [-0.05, 0) is 24.5 Å². The third-order valence-electron chi connectivity index (χ3n) is 4.22. The summed E-state index contributed by atoms with van der Waals surface area (Å²) < 4.78 is 0. The summed E-state index contributed by atoms with van der Waals surface area (Å²) in [6.07, 6.45) is 4.61. The van der Waals surface area contributed by atoms with E-state index in [1.807, 2.05) is 24.4 Å². The third-order valence-corrected chi connectivity index (χ3v) is 4.22. The maximum atomic E-state index is 11.3. The van der Waals surface area contributed by atoms with E-state index in [1.54, 1.807) is 0 Å². The number of aromatic amines is 1. The Morgan fingerprint density at radius 2 is 2.16 bits per heavy atom. The van der Waals surface area contributed by atoms with Crippen molar-refractivity contribution in [1.82, 2.24) is 10.3 Å². The molecule has 0 unspecified atom stereocenters. The van der Waals surface area contributed by atoms with Crippen LogP contribution in [0.1, 0.15) is 24.8 Å². The molecule has 0 saturated heterocycles. The van der Waals surface area contributed by atoms with Crippen LogP contribution in [0.5, 0.6) is 0 Å². The smallest absolute Gasteiger partial charge is 0.310 e. The zero-order valence-corrected chi connectivity index (χ0v) is 10.8. The molecule has 0 radical (unpaired) electrons. The second kappa shape index (κ2) is 4.70. The molecule has 19 heavy (non-hydrogen) atoms. The summed E-state index contributed by atoms with van der Waals surface area (Å²) in [7, 11) is 0. The lowest BCUT2D eigenvalue weighted by molar-refractivity contribution is -0.154. The van der Waals surface area contributed by atoms with Crippen LogP contribution in [0.25, 0.3) is 10.9 Å². The number of hydrogen-bond acceptors (Lipinski definition) is 2. The number of carboxylic acid groups (broad SMARTS) is 1. The van der Waals surface area contributed by atoms with Crippen molar-refractivity contribution in [1.29, 1.82) is 0 Å². The van der Waals surface area contributed by atoms with E-state index in [1.165, 1.54) is 10.9 Å². The molecule has 1 saturated carbocycles. The Hall–Kier alpha value is -1.81. The van der Waals surface area contributed by atoms with Crippen molar-refractivity contribution in [2.45, 2.75) is 25.8 Å². The minimum atomic E-state index is -0.662. The average molecular weight is 258 g/mol. The van der Waals surface area contributed by atoms with Gasteiger partial charge in [-0.1, -0.05) is 24.6 Å². The van der Waals surface area contributed by atoms with E-state index >= 15 is 0 Å². The van der Waals surface area contributed by atoms with Gasteiger partial charge in [-0.15, -0.1) is 0 Å². The van der Waals surface area contributed by atoms with Gasteiger partial charge in [0.25, 0.3) is 0 Å². The number of carboxylic acids is 1. The summed E-state index contributed by atoms with van der Waals surface area (Å²) in [6.45, 7) is 1.26. The highest BCUT2D eigenvalue weighted by atomic mass is 16.4. The molecule has 4 heteroatoms. The van der Waals surface area contributed by atoms with E-state index in [2.05, 4.69) is 16.4 Å². The molecule has 0 amide bonds. The molecule has 1 heterocycles. The van der Waals surface area contributed by atoms with Gasteiger partial charge in [0, 0.05) is 30.2 Å². The molecule has 3 N–H and O–H groups in total. The number of rotatable bonds is 5. The first kappa shape index (κ1) is 12.2. The monoisotopic (exact) mass is 258 g/mol. The number of carbonyl (C=O) groups is 1. The van der Waals surface area contributed by atoms with Gasteiger partial charge in [0.1, 0.15) is 0 Å². The highest BCUT2D eigenvalue weighted by Crippen LogP contribution is 2.40. The van der Waals surface area contributed by atoms with Crippen LogP contribution in [0, 0.1) is 5.41 Å². The van der Waals surface area contributed by atoms with Crippen LogP contribution in [0.15, 0.2) is 30.5 Å². The number of benzene rings is 1. The molecular weight excluding hydrogens is 240 g/mol. The van der Waals surface area contributed by atoms with Crippen LogP contribution in [0.4, 0.5) is 0 Å². The number of H-pyrrole nitrogens is 1. The summed E-state index contributed by atoms with van der Waals surface area (Å²) in [6, 6.07) is 8.15. The number of aliphatic carboxylic acids is 1. The Morgan fingerprint density at radius 1 is 1.37 bits per heavy atom. The number of hydrogen-bond donors (Lipinski definition) is 3. The van der Waals surface area contributed by atoms with E-state index in [0.29, 0.717) is 13.1 Å². The van der Waals surface area contributed by atoms with Crippen LogP contribution in [-0.2, 0) is 11.3 Å². The van der Waals surface area contributed by atoms with Crippen molar-refractivity contribution in [3.05, 3.63) is 36.0 Å². The molecule has 1 aliphatic rings. The molecule has 0 aliphatic heterocycles. The Morgan fingerprint density at radius 3 is 2.84 bits per heavy atom. The lowest BCUT2D eigenvalue weighted by atomic mass is 9.69. The Labute approximate surface area is 111 Å². The van der Waals surface area contributed by atoms with Crippen LogP contribution >= 0.6 is 0 Å². The molecule has 1 aromatic carbocycles. The summed E-state index contributed by atoms with van der Waals surface area (Å²) in [4.78, 5) is 14.5. The Bertz CT molecular complexity index is 599. The van der Waals surface area contributed by atoms with E-state index in [-0.39, 0.29) is 0 Å². The molecule has 1 fully saturated rings. The topological polar surface area (TPSA) is 65.1 Å². The van der Waals surface area contributed by atoms with E-state index in [4.69, 9.17) is 0 Å². The third kappa shape index (κ3) is 2.12. The SMILES string of the molecule is O=C(O)C1(CNCc2c[nH]c3ccccc23)CCC1. The predicted octanol–water partition coefficient (Wildman–Crippen LogP) is 2.51. The van der Waals surface area contributed by atoms with Gasteiger partial charge in [-0.3, -0.25) is 4.79 Å². The minimum Gasteiger partial charge on any atom is -0.481 e. The first-order valence-electron chi connectivity index (χ1n) is 6.70. The van der Waals surface area contributed by atoms with Crippen LogP contribution in [0.2, 0.25) is 0 Å². The predicted molar refractivity (Wildman–Crippen MR) is 73.9 cm³/mol. The maximum Gasteiger partial charge on any atom is 0.310 e. The summed E-state index contributed by atoms with van der Waals surface area (Å²) in [5.41, 5.74) is 1.79. The molecule has 1 aliphatic carbocycles. The number of aromatic nitrogens is 1. The molecule has 1 aromatic heterocycles. The van der Waals surface area contributed by atoms with Gasteiger partial charge in [0.15, 0.2) is 0 Å². The van der Waals surface area contributed by atoms with E-state index in [9.17, 15) is 9.90 Å². The highest BCUT2D eigenvalue weighted by Gasteiger charge is 2.43. The normalized spacial score (nSPS) is 17.3. The van der Waals surface area contributed by atoms with Crippen molar-refractivity contribution < 1.29 is 9.90 Å². The van der Waals surface area contributed by atoms with Gasteiger partial charge >= 0.3 is 5.97 Å². The molecule has 100 valence electrons. The van der Waals surface area contributed by atoms with Gasteiger partial charge < -0.3 is 15.4 Å². The van der Waals surface area contributed by atoms with Gasteiger partial charge in [0.05, 0.1) is 5.41 Å². The van der Waals surface area contributed by atoms with Gasteiger partial charge in [0.2, 0.25) is 0 Å². The molecule has 2 aromatic rings. The van der Waals surface area contributed by atoms with Gasteiger partial charge in [-0.25, -0.2) is 0 Å². The van der Waals surface area contributed by atoms with Crippen molar-refractivity contribution in [2.75, 3.05) is 6.54 Å². The Kier molecular flexibility index (Phi) is 3.03. The quantitative estimate of drug-likeness (QED) is 0.772. The fraction of sp³-hybridized carbons (Fsp3) is 0.400. The standard InChI is InChI=1S/C15H18N2O2/c18-14(19)15(6-3-7-15)10-16-8-11-9-17-13-5-2-1-4-12(11)13/h1-2,4-5,9,16-17H,3,6-8,10H2,(H,18,19). The zero-order chi connectivity index (χ0) is 13.3. The van der Waals surface area contributed by atoms with Crippen molar-refractivity contribution in [3.63, 3.8) is 0 Å². The summed E-state index contributed by atoms with van der Waals surface area (Å²) in [5.74, 6) is -0.662. The highest BCUT2D eigenvalue weighted by molar-refractivity contribution is 5.83. The minimum absolute atomic E-state index is 0.522. The molecule has 0 spiro atoms. The fourth-order valence-corrected chi connectivity index (χ4v) is 2.78. The molecule has 0 bridgehead atoms. The molecular formula is C15H18N2O2. The summed E-state index contributed by atoms with van der Waals surface area (Å²) >= 11 is 0. The second-order valence-corrected chi connectivity index (χ2v) is 5.40. The molecule has 4 nitrogen and oxygen atoms in total. The van der Waals surface area contributed by atoms with E-state index in [0.717, 1.165) is 24.8 Å². The van der Waals surface area contributed by atoms with Crippen LogP contribution in [-0.4, -0.2) is 22.6 Å². The van der Waals surface area contributed by atoms with Crippen LogP contribution < -0.4 is 5.32 Å². The number of nitrogens with one attached hydrogen (secondary N) is 2. The maximum absolute atomic E-state index is 11.3. The van der Waals surface area contributed by atoms with E-state index < -0.39 is 11.4 Å². The second-order valence-electron chi connectivity index (χ2n) is 5.40. The van der Waals surface area contributed by atoms with Crippen molar-refractivity contribution in [2.24, 2.45) is 5.41 Å². The Balaban J connectivity index is 1.65. The van der Waals surface area contributed by atoms with Gasteiger partial charge in [-0.2, -0.15) is 0 Å². The number of para-hydroxylation sites is 1. The lowest BCUT2D eigenvalue weighted by Crippen LogP contribution is -2.45. The molecule has 0 atom stereocenters. The lowest BCUT2D eigenvalue weighted by Gasteiger charge is -2.37. The van der Waals surface area contributed by atoms with Crippen molar-refractivity contribution >= 4 is 16.9 Å². The first-order chi connectivity index (χ1) is 9.21. The zero-order valence-electron chi connectivity index (χ0n) is 10.8. The largest absolute Gasteiger partial charge is 0.481 e. The van der Waals surface area contributed by atoms with Crippen LogP contribution in [0.3, 0.4) is 0 Å². The fourth-order valence-electron chi connectivity index (χ4n) is 2.78. The van der Waals surface area contributed by atoms with Crippen molar-refractivity contribution in [3.8, 4) is 0 Å².